The van der Waals surface area contributed by atoms with E-state index in [-0.39, 0.29) is 49.7 Å². The van der Waals surface area contributed by atoms with E-state index >= 15 is 0 Å². The first kappa shape index (κ1) is 22.8. The van der Waals surface area contributed by atoms with Gasteiger partial charge in [-0.15, -0.1) is 24.8 Å². The Morgan fingerprint density at radius 3 is 2.22 bits per heavy atom. The second kappa shape index (κ2) is 8.74. The number of nitrogens with two attached hydrogens (primary N) is 1. The number of nitrogens with zero attached hydrogens (tertiary/aromatic N) is 2. The van der Waals surface area contributed by atoms with Crippen molar-refractivity contribution in [1.82, 2.24) is 9.80 Å². The van der Waals surface area contributed by atoms with Crippen LogP contribution in [0.2, 0.25) is 0 Å². The molecule has 1 saturated heterocycles. The Hall–Kier alpha value is -0.240. The van der Waals surface area contributed by atoms with Crippen LogP contribution in [0.3, 0.4) is 0 Å². The number of carbonyl (C=O) groups is 1. The van der Waals surface area contributed by atoms with E-state index in [2.05, 4.69) is 0 Å². The number of halogens is 5. The van der Waals surface area contributed by atoms with Gasteiger partial charge in [-0.3, -0.25) is 9.69 Å². The molecule has 2 atom stereocenters. The van der Waals surface area contributed by atoms with Gasteiger partial charge in [-0.2, -0.15) is 13.2 Å². The summed E-state index contributed by atoms with van der Waals surface area (Å²) in [6.45, 7) is 2.29. The number of rotatable bonds is 2. The lowest BCUT2D eigenvalue weighted by atomic mass is 9.74. The molecule has 2 fully saturated rings. The average molecular weight is 380 g/mol. The van der Waals surface area contributed by atoms with Crippen molar-refractivity contribution in [1.29, 1.82) is 0 Å². The highest BCUT2D eigenvalue weighted by atomic mass is 35.5. The molecular weight excluding hydrogens is 354 g/mol. The van der Waals surface area contributed by atoms with E-state index in [1.54, 1.807) is 4.90 Å². The number of amides is 1. The van der Waals surface area contributed by atoms with E-state index in [4.69, 9.17) is 5.73 Å². The summed E-state index contributed by atoms with van der Waals surface area (Å²) in [5, 5.41) is 0. The lowest BCUT2D eigenvalue weighted by Gasteiger charge is -2.42. The maximum atomic E-state index is 12.6. The molecule has 1 saturated carbocycles. The fraction of sp³-hybridized carbons (Fsp3) is 0.929. The topological polar surface area (TPSA) is 49.6 Å². The fourth-order valence-electron chi connectivity index (χ4n) is 3.36. The molecule has 1 aliphatic carbocycles. The van der Waals surface area contributed by atoms with Crippen molar-refractivity contribution in [2.24, 2.45) is 11.7 Å². The van der Waals surface area contributed by atoms with Crippen LogP contribution in [0.5, 0.6) is 0 Å². The van der Waals surface area contributed by atoms with Crippen molar-refractivity contribution in [2.75, 3.05) is 32.7 Å². The maximum absolute atomic E-state index is 12.6. The Balaban J connectivity index is 0.00000242. The highest BCUT2D eigenvalue weighted by molar-refractivity contribution is 5.85. The number of piperazine rings is 1. The molecule has 138 valence electrons. The minimum Gasteiger partial charge on any atom is -0.340 e. The molecule has 0 aromatic heterocycles. The van der Waals surface area contributed by atoms with Crippen molar-refractivity contribution in [3.8, 4) is 0 Å². The van der Waals surface area contributed by atoms with Crippen LogP contribution < -0.4 is 5.73 Å². The molecule has 0 radical (unpaired) electrons. The zero-order valence-corrected chi connectivity index (χ0v) is 14.9. The quantitative estimate of drug-likeness (QED) is 0.801. The predicted octanol–water partition coefficient (Wildman–Crippen LogP) is 2.44. The largest absolute Gasteiger partial charge is 0.401 e. The molecule has 2 N–H and O–H groups in total. The van der Waals surface area contributed by atoms with E-state index in [9.17, 15) is 18.0 Å². The van der Waals surface area contributed by atoms with E-state index < -0.39 is 18.3 Å². The van der Waals surface area contributed by atoms with Gasteiger partial charge in [0.25, 0.3) is 0 Å². The smallest absolute Gasteiger partial charge is 0.340 e. The van der Waals surface area contributed by atoms with Crippen molar-refractivity contribution in [2.45, 2.75) is 44.3 Å². The summed E-state index contributed by atoms with van der Waals surface area (Å²) in [5.74, 6) is -0.174. The van der Waals surface area contributed by atoms with Crippen LogP contribution in [-0.2, 0) is 4.79 Å². The number of hydrogen-bond donors (Lipinski definition) is 1. The number of alkyl halides is 3. The summed E-state index contributed by atoms with van der Waals surface area (Å²) in [6.07, 6.45) is -0.523. The molecule has 9 heteroatoms. The Morgan fingerprint density at radius 2 is 1.74 bits per heavy atom. The van der Waals surface area contributed by atoms with E-state index in [0.717, 1.165) is 25.7 Å². The minimum atomic E-state index is -4.18. The van der Waals surface area contributed by atoms with Crippen LogP contribution in [0.15, 0.2) is 0 Å². The third kappa shape index (κ3) is 6.29. The van der Waals surface area contributed by atoms with Gasteiger partial charge in [0.2, 0.25) is 5.91 Å². The van der Waals surface area contributed by atoms with Gasteiger partial charge < -0.3 is 10.6 Å². The molecule has 0 aromatic carbocycles. The van der Waals surface area contributed by atoms with Gasteiger partial charge in [-0.1, -0.05) is 12.8 Å². The first-order valence-corrected chi connectivity index (χ1v) is 7.56. The van der Waals surface area contributed by atoms with Crippen molar-refractivity contribution < 1.29 is 18.0 Å². The van der Waals surface area contributed by atoms with Crippen LogP contribution in [0.4, 0.5) is 13.2 Å². The van der Waals surface area contributed by atoms with Gasteiger partial charge in [0.05, 0.1) is 12.5 Å². The van der Waals surface area contributed by atoms with Crippen LogP contribution in [0, 0.1) is 5.92 Å². The lowest BCUT2D eigenvalue weighted by Crippen LogP contribution is -2.57. The van der Waals surface area contributed by atoms with Crippen molar-refractivity contribution in [3.05, 3.63) is 0 Å². The molecule has 1 aliphatic heterocycles. The summed E-state index contributed by atoms with van der Waals surface area (Å²) in [7, 11) is 0. The van der Waals surface area contributed by atoms with Crippen molar-refractivity contribution in [3.63, 3.8) is 0 Å². The van der Waals surface area contributed by atoms with Gasteiger partial charge in [0.15, 0.2) is 0 Å². The first-order chi connectivity index (χ1) is 9.69. The average Bonchev–Trinajstić information content (AvgIpc) is 2.36. The molecule has 0 aromatic rings. The molecule has 1 heterocycles. The molecule has 23 heavy (non-hydrogen) atoms. The molecule has 2 aliphatic rings. The first-order valence-electron chi connectivity index (χ1n) is 7.56. The summed E-state index contributed by atoms with van der Waals surface area (Å²) >= 11 is 0. The Labute approximate surface area is 147 Å². The normalized spacial score (nSPS) is 29.4. The number of carbonyl (C=O) groups excluding carboxylic acids is 1. The Morgan fingerprint density at radius 1 is 1.17 bits per heavy atom. The second-order valence-corrected chi connectivity index (χ2v) is 6.52. The third-order valence-electron chi connectivity index (χ3n) is 4.64. The lowest BCUT2D eigenvalue weighted by molar-refractivity contribution is -0.153. The molecule has 2 rings (SSSR count). The zero-order chi connectivity index (χ0) is 15.7. The van der Waals surface area contributed by atoms with Crippen LogP contribution in [0.25, 0.3) is 0 Å². The van der Waals surface area contributed by atoms with Crippen LogP contribution >= 0.6 is 24.8 Å². The zero-order valence-electron chi connectivity index (χ0n) is 13.3. The molecule has 4 nitrogen and oxygen atoms in total. The fourth-order valence-corrected chi connectivity index (χ4v) is 3.36. The summed E-state index contributed by atoms with van der Waals surface area (Å²) in [6, 6.07) is 0. The van der Waals surface area contributed by atoms with Gasteiger partial charge >= 0.3 is 6.18 Å². The van der Waals surface area contributed by atoms with E-state index in [1.807, 2.05) is 6.92 Å². The van der Waals surface area contributed by atoms with Gasteiger partial charge in [0.1, 0.15) is 0 Å². The molecule has 0 spiro atoms. The summed E-state index contributed by atoms with van der Waals surface area (Å²) in [5.41, 5.74) is 5.75. The Bertz CT molecular complexity index is 386. The molecular formula is C14H26Cl2F3N3O. The van der Waals surface area contributed by atoms with Crippen LogP contribution in [-0.4, -0.2) is 60.1 Å². The third-order valence-corrected chi connectivity index (χ3v) is 4.64. The highest BCUT2D eigenvalue weighted by Gasteiger charge is 2.41. The van der Waals surface area contributed by atoms with Gasteiger partial charge in [0, 0.05) is 31.7 Å². The summed E-state index contributed by atoms with van der Waals surface area (Å²) in [4.78, 5) is 15.6. The Kier molecular flexibility index (Phi) is 8.65. The molecule has 0 bridgehead atoms. The monoisotopic (exact) mass is 379 g/mol. The standard InChI is InChI=1S/C14H24F3N3O.2ClH/c1-13(18)5-3-2-4-11(13)12(21)20-8-6-19(7-9-20)10-14(15,16)17;;/h11H,2-10,18H2,1H3;2*1H. The predicted molar refractivity (Wildman–Crippen MR) is 88.1 cm³/mol. The van der Waals surface area contributed by atoms with E-state index in [1.165, 1.54) is 4.90 Å². The second-order valence-electron chi connectivity index (χ2n) is 6.52. The highest BCUT2D eigenvalue weighted by Crippen LogP contribution is 2.33. The van der Waals surface area contributed by atoms with Gasteiger partial charge in [-0.05, 0) is 19.8 Å². The van der Waals surface area contributed by atoms with Crippen molar-refractivity contribution >= 4 is 30.7 Å². The van der Waals surface area contributed by atoms with E-state index in [0.29, 0.717) is 13.1 Å². The van der Waals surface area contributed by atoms with Crippen LogP contribution in [0.1, 0.15) is 32.6 Å². The molecule has 1 amide bonds. The maximum Gasteiger partial charge on any atom is 0.401 e. The minimum absolute atomic E-state index is 0. The number of hydrogen-bond acceptors (Lipinski definition) is 3. The molecule has 2 unspecified atom stereocenters. The SMILES string of the molecule is CC1(N)CCCCC1C(=O)N1CCN(CC(F)(F)F)CC1.Cl.Cl. The summed E-state index contributed by atoms with van der Waals surface area (Å²) < 4.78 is 37.0. The van der Waals surface area contributed by atoms with Gasteiger partial charge in [-0.25, -0.2) is 0 Å².